The number of benzene rings is 2. The molecule has 27 heavy (non-hydrogen) atoms. The first-order valence-corrected chi connectivity index (χ1v) is 9.37. The molecule has 1 atom stereocenters. The lowest BCUT2D eigenvalue weighted by Crippen LogP contribution is -2.38. The Labute approximate surface area is 178 Å². The van der Waals surface area contributed by atoms with Gasteiger partial charge in [0.25, 0.3) is 0 Å². The number of aliphatic imine (C=N–C) groups is 1. The van der Waals surface area contributed by atoms with Gasteiger partial charge < -0.3 is 15.8 Å². The van der Waals surface area contributed by atoms with Crippen molar-refractivity contribution in [1.82, 2.24) is 10.2 Å². The zero-order valence-corrected chi connectivity index (χ0v) is 17.8. The van der Waals surface area contributed by atoms with Gasteiger partial charge >= 0.3 is 0 Å². The minimum Gasteiger partial charge on any atom is -0.493 e. The van der Waals surface area contributed by atoms with Crippen molar-refractivity contribution in [3.05, 3.63) is 65.2 Å². The van der Waals surface area contributed by atoms with Gasteiger partial charge in [-0.15, -0.1) is 24.0 Å². The highest BCUT2D eigenvalue weighted by atomic mass is 127. The number of halogens is 1. The van der Waals surface area contributed by atoms with E-state index >= 15 is 0 Å². The number of nitrogens with one attached hydrogen (secondary N) is 1. The highest BCUT2D eigenvalue weighted by Crippen LogP contribution is 2.31. The Morgan fingerprint density at radius 2 is 1.93 bits per heavy atom. The van der Waals surface area contributed by atoms with Crippen molar-refractivity contribution in [2.24, 2.45) is 10.7 Å². The van der Waals surface area contributed by atoms with Crippen LogP contribution >= 0.6 is 24.0 Å². The molecule has 2 aromatic carbocycles. The Kier molecular flexibility index (Phi) is 6.95. The third-order valence-electron chi connectivity index (χ3n) is 5.19. The first kappa shape index (κ1) is 19.9. The lowest BCUT2D eigenvalue weighted by molar-refractivity contribution is 0.259. The van der Waals surface area contributed by atoms with Crippen LogP contribution in [0.4, 0.5) is 0 Å². The van der Waals surface area contributed by atoms with Crippen LogP contribution in [0.15, 0.2) is 53.5 Å². The second kappa shape index (κ2) is 9.41. The van der Waals surface area contributed by atoms with Crippen LogP contribution in [0.3, 0.4) is 0 Å². The van der Waals surface area contributed by atoms with E-state index in [9.17, 15) is 0 Å². The first-order valence-electron chi connectivity index (χ1n) is 9.37. The second-order valence-corrected chi connectivity index (χ2v) is 6.93. The summed E-state index contributed by atoms with van der Waals surface area (Å²) in [5.41, 5.74) is 10.2. The Bertz CT molecular complexity index is 795. The highest BCUT2D eigenvalue weighted by Gasteiger charge is 2.21. The summed E-state index contributed by atoms with van der Waals surface area (Å²) >= 11 is 0. The molecule has 2 heterocycles. The molecular formula is C21H27IN4O. The smallest absolute Gasteiger partial charge is 0.189 e. The molecular weight excluding hydrogens is 451 g/mol. The highest BCUT2D eigenvalue weighted by molar-refractivity contribution is 14.0. The number of nitrogens with zero attached hydrogens (tertiary/aromatic N) is 2. The van der Waals surface area contributed by atoms with Crippen LogP contribution in [0.5, 0.6) is 5.75 Å². The quantitative estimate of drug-likeness (QED) is 0.403. The molecule has 0 amide bonds. The maximum atomic E-state index is 6.13. The predicted octanol–water partition coefficient (Wildman–Crippen LogP) is 3.09. The van der Waals surface area contributed by atoms with E-state index in [0.717, 1.165) is 43.8 Å². The van der Waals surface area contributed by atoms with E-state index in [2.05, 4.69) is 45.5 Å². The standard InChI is InChI=1S/C21H26N4O.HI/c22-21(24-19-10-14-26-20-8-4-3-7-18(19)20)23-11-13-25-12-9-16-5-1-2-6-17(16)15-25;/h1-8,19H,9-15H2,(H3,22,23,24);1H. The fourth-order valence-corrected chi connectivity index (χ4v) is 3.77. The average molecular weight is 478 g/mol. The van der Waals surface area contributed by atoms with E-state index in [-0.39, 0.29) is 30.0 Å². The fourth-order valence-electron chi connectivity index (χ4n) is 3.77. The normalized spacial score (nSPS) is 19.3. The minimum atomic E-state index is 0. The second-order valence-electron chi connectivity index (χ2n) is 6.93. The van der Waals surface area contributed by atoms with Crippen LogP contribution in [0, 0.1) is 0 Å². The predicted molar refractivity (Wildman–Crippen MR) is 120 cm³/mol. The Hall–Kier alpha value is -1.80. The van der Waals surface area contributed by atoms with Crippen molar-refractivity contribution in [3.63, 3.8) is 0 Å². The minimum absolute atomic E-state index is 0. The van der Waals surface area contributed by atoms with Crippen molar-refractivity contribution in [2.45, 2.75) is 25.4 Å². The van der Waals surface area contributed by atoms with Gasteiger partial charge in [-0.25, -0.2) is 0 Å². The molecule has 0 aromatic heterocycles. The number of hydrogen-bond donors (Lipinski definition) is 2. The van der Waals surface area contributed by atoms with Crippen LogP contribution in [0.1, 0.15) is 29.2 Å². The topological polar surface area (TPSA) is 62.9 Å². The number of para-hydroxylation sites is 1. The molecule has 0 fully saturated rings. The summed E-state index contributed by atoms with van der Waals surface area (Å²) in [6.07, 6.45) is 2.02. The van der Waals surface area contributed by atoms with Gasteiger partial charge in [-0.1, -0.05) is 42.5 Å². The molecule has 2 aliphatic rings. The summed E-state index contributed by atoms with van der Waals surface area (Å²) in [5, 5.41) is 3.36. The third kappa shape index (κ3) is 4.93. The van der Waals surface area contributed by atoms with Gasteiger partial charge in [0.05, 0.1) is 19.2 Å². The zero-order valence-electron chi connectivity index (χ0n) is 15.4. The fraction of sp³-hybridized carbons (Fsp3) is 0.381. The van der Waals surface area contributed by atoms with E-state index in [1.165, 1.54) is 11.1 Å². The molecule has 2 aliphatic heterocycles. The van der Waals surface area contributed by atoms with Crippen molar-refractivity contribution in [1.29, 1.82) is 0 Å². The lowest BCUT2D eigenvalue weighted by Gasteiger charge is -2.28. The molecule has 0 saturated heterocycles. The Balaban J connectivity index is 0.00000210. The van der Waals surface area contributed by atoms with Crippen LogP contribution < -0.4 is 15.8 Å². The lowest BCUT2D eigenvalue weighted by atomic mass is 10.00. The van der Waals surface area contributed by atoms with Gasteiger partial charge in [-0.3, -0.25) is 9.89 Å². The number of rotatable bonds is 4. The summed E-state index contributed by atoms with van der Waals surface area (Å²) < 4.78 is 5.70. The van der Waals surface area contributed by atoms with Gasteiger partial charge in [0.15, 0.2) is 5.96 Å². The van der Waals surface area contributed by atoms with Crippen molar-refractivity contribution in [2.75, 3.05) is 26.2 Å². The van der Waals surface area contributed by atoms with Gasteiger partial charge in [-0.2, -0.15) is 0 Å². The Morgan fingerprint density at radius 3 is 2.81 bits per heavy atom. The van der Waals surface area contributed by atoms with E-state index in [4.69, 9.17) is 10.5 Å². The Morgan fingerprint density at radius 1 is 1.15 bits per heavy atom. The van der Waals surface area contributed by atoms with Crippen LogP contribution in [-0.2, 0) is 13.0 Å². The molecule has 1 unspecified atom stereocenters. The monoisotopic (exact) mass is 478 g/mol. The van der Waals surface area contributed by atoms with E-state index in [1.54, 1.807) is 0 Å². The number of nitrogens with two attached hydrogens (primary N) is 1. The third-order valence-corrected chi connectivity index (χ3v) is 5.19. The SMILES string of the molecule is I.NC(=NCCN1CCc2ccccc2C1)NC1CCOc2ccccc21. The summed E-state index contributed by atoms with van der Waals surface area (Å²) in [4.78, 5) is 6.99. The molecule has 3 N–H and O–H groups in total. The first-order chi connectivity index (χ1) is 12.8. The van der Waals surface area contributed by atoms with Crippen LogP contribution in [-0.4, -0.2) is 37.1 Å². The number of guanidine groups is 1. The van der Waals surface area contributed by atoms with Crippen molar-refractivity contribution < 1.29 is 4.74 Å². The van der Waals surface area contributed by atoms with Crippen molar-refractivity contribution >= 4 is 29.9 Å². The number of fused-ring (bicyclic) bond motifs is 2. The summed E-state index contributed by atoms with van der Waals surface area (Å²) in [5.74, 6) is 1.46. The number of hydrogen-bond acceptors (Lipinski definition) is 3. The van der Waals surface area contributed by atoms with Crippen molar-refractivity contribution in [3.8, 4) is 5.75 Å². The maximum Gasteiger partial charge on any atom is 0.189 e. The average Bonchev–Trinajstić information content (AvgIpc) is 2.68. The van der Waals surface area contributed by atoms with Crippen LogP contribution in [0.25, 0.3) is 0 Å². The molecule has 0 saturated carbocycles. The largest absolute Gasteiger partial charge is 0.493 e. The maximum absolute atomic E-state index is 6.13. The van der Waals surface area contributed by atoms with Gasteiger partial charge in [0.2, 0.25) is 0 Å². The van der Waals surface area contributed by atoms with Gasteiger partial charge in [0, 0.05) is 31.6 Å². The summed E-state index contributed by atoms with van der Waals surface area (Å²) in [6.45, 7) is 4.45. The molecule has 0 aliphatic carbocycles. The molecule has 2 aromatic rings. The van der Waals surface area contributed by atoms with E-state index in [0.29, 0.717) is 19.1 Å². The molecule has 0 bridgehead atoms. The molecule has 6 heteroatoms. The summed E-state index contributed by atoms with van der Waals surface area (Å²) in [7, 11) is 0. The van der Waals surface area contributed by atoms with Gasteiger partial charge in [-0.05, 0) is 23.6 Å². The molecule has 4 rings (SSSR count). The molecule has 144 valence electrons. The molecule has 0 spiro atoms. The van der Waals surface area contributed by atoms with E-state index in [1.807, 2.05) is 18.2 Å². The molecule has 5 nitrogen and oxygen atoms in total. The molecule has 0 radical (unpaired) electrons. The van der Waals surface area contributed by atoms with Gasteiger partial charge in [0.1, 0.15) is 5.75 Å². The summed E-state index contributed by atoms with van der Waals surface area (Å²) in [6, 6.07) is 17.0. The zero-order chi connectivity index (χ0) is 17.8. The number of ether oxygens (including phenoxy) is 1. The van der Waals surface area contributed by atoms with Crippen LogP contribution in [0.2, 0.25) is 0 Å². The van der Waals surface area contributed by atoms with E-state index < -0.39 is 0 Å².